The lowest BCUT2D eigenvalue weighted by Gasteiger charge is -2.31. The molecule has 1 aromatic carbocycles. The summed E-state index contributed by atoms with van der Waals surface area (Å²) in [6.45, 7) is 6.87. The summed E-state index contributed by atoms with van der Waals surface area (Å²) in [4.78, 5) is 14.1. The molecule has 4 heterocycles. The molecule has 0 saturated carbocycles. The predicted octanol–water partition coefficient (Wildman–Crippen LogP) is 4.88. The number of dihydropyridines is 1. The van der Waals surface area contributed by atoms with E-state index < -0.39 is 5.41 Å². The highest BCUT2D eigenvalue weighted by molar-refractivity contribution is 9.10. The van der Waals surface area contributed by atoms with Crippen molar-refractivity contribution in [1.82, 2.24) is 39.6 Å². The molecule has 5 rings (SSSR count). The third kappa shape index (κ3) is 4.73. The van der Waals surface area contributed by atoms with Crippen LogP contribution < -0.4 is 11.0 Å². The van der Waals surface area contributed by atoms with Crippen LogP contribution in [-0.2, 0) is 18.4 Å². The molecule has 1 aliphatic heterocycles. The van der Waals surface area contributed by atoms with E-state index in [0.29, 0.717) is 12.4 Å². The Labute approximate surface area is 224 Å². The van der Waals surface area contributed by atoms with E-state index in [1.165, 1.54) is 0 Å². The second kappa shape index (κ2) is 10.4. The average Bonchev–Trinajstić information content (AvgIpc) is 3.64. The molecule has 0 aliphatic carbocycles. The Morgan fingerprint density at radius 3 is 2.68 bits per heavy atom. The molecule has 192 valence electrons. The number of hydrogen-bond donors (Lipinski definition) is 2. The molecule has 0 spiro atoms. The Balaban J connectivity index is 1.64. The lowest BCUT2D eigenvalue weighted by Crippen LogP contribution is -2.36. The fourth-order valence-corrected chi connectivity index (χ4v) is 5.38. The summed E-state index contributed by atoms with van der Waals surface area (Å²) in [5.74, 6) is 1.45. The third-order valence-corrected chi connectivity index (χ3v) is 7.48. The second-order valence-corrected chi connectivity index (χ2v) is 10.5. The summed E-state index contributed by atoms with van der Waals surface area (Å²) < 4.78 is 6.73. The summed E-state index contributed by atoms with van der Waals surface area (Å²) in [6.07, 6.45) is 15.0. The largest absolute Gasteiger partial charge is 0.368 e. The van der Waals surface area contributed by atoms with Gasteiger partial charge in [0.15, 0.2) is 5.82 Å². The van der Waals surface area contributed by atoms with Gasteiger partial charge in [0.1, 0.15) is 5.82 Å². The fraction of sp³-hybridized carbons (Fsp3) is 0.333. The first-order chi connectivity index (χ1) is 17.9. The van der Waals surface area contributed by atoms with E-state index in [9.17, 15) is 4.79 Å². The number of H-pyrrole nitrogens is 1. The highest BCUT2D eigenvalue weighted by atomic mass is 79.9. The summed E-state index contributed by atoms with van der Waals surface area (Å²) in [5.41, 5.74) is 2.36. The van der Waals surface area contributed by atoms with Crippen molar-refractivity contribution in [2.24, 2.45) is 0 Å². The number of tetrazole rings is 1. The van der Waals surface area contributed by atoms with Crippen LogP contribution in [0.5, 0.6) is 0 Å². The number of hydrogen-bond acceptors (Lipinski definition) is 5. The standard InChI is InChI=1S/C27H31BrN8O/c1-4-5-9-22-17-35(25-23(28)10-15-34(25)19(2)3)26(37)36(22)18-27(11-13-29-14-12-27)21-8-6-7-20(16-21)24-30-32-33-31-24/h6-8,10-17,19,29H,4-5,9,18H2,1-3H3,(H,30,31,32,33). The number of unbranched alkanes of at least 4 members (excludes halogenated alkanes) is 1. The molecule has 0 amide bonds. The van der Waals surface area contributed by atoms with E-state index in [4.69, 9.17) is 0 Å². The van der Waals surface area contributed by atoms with Crippen LogP contribution in [0.1, 0.15) is 50.9 Å². The number of halogens is 1. The SMILES string of the molecule is CCCCc1cn(-c2c(Br)ccn2C(C)C)c(=O)n1CC1(c2cccc(-c3nnn[nH]3)c2)C=CNC=C1. The number of aromatic amines is 1. The van der Waals surface area contributed by atoms with Gasteiger partial charge in [0, 0.05) is 36.2 Å². The molecule has 0 fully saturated rings. The monoisotopic (exact) mass is 562 g/mol. The zero-order valence-corrected chi connectivity index (χ0v) is 22.8. The summed E-state index contributed by atoms with van der Waals surface area (Å²) in [6, 6.07) is 10.3. The van der Waals surface area contributed by atoms with E-state index in [2.05, 4.69) is 91.5 Å². The number of nitrogens with one attached hydrogen (secondary N) is 2. The quantitative estimate of drug-likeness (QED) is 0.303. The molecule has 10 heteroatoms. The predicted molar refractivity (Wildman–Crippen MR) is 147 cm³/mol. The lowest BCUT2D eigenvalue weighted by molar-refractivity contribution is 0.494. The molecule has 2 N–H and O–H groups in total. The molecule has 1 aliphatic rings. The smallest absolute Gasteiger partial charge is 0.334 e. The average molecular weight is 564 g/mol. The van der Waals surface area contributed by atoms with Crippen LogP contribution in [0.4, 0.5) is 0 Å². The number of rotatable bonds is 9. The summed E-state index contributed by atoms with van der Waals surface area (Å²) in [7, 11) is 0. The van der Waals surface area contributed by atoms with Crippen molar-refractivity contribution in [3.05, 3.63) is 93.5 Å². The molecule has 0 unspecified atom stereocenters. The van der Waals surface area contributed by atoms with Crippen molar-refractivity contribution in [2.75, 3.05) is 0 Å². The molecule has 9 nitrogen and oxygen atoms in total. The van der Waals surface area contributed by atoms with Gasteiger partial charge in [0.05, 0.1) is 9.89 Å². The zero-order chi connectivity index (χ0) is 26.0. The highest BCUT2D eigenvalue weighted by Gasteiger charge is 2.32. The number of aromatic nitrogens is 7. The maximum absolute atomic E-state index is 14.1. The van der Waals surface area contributed by atoms with Gasteiger partial charge in [0.25, 0.3) is 0 Å². The Hall–Kier alpha value is -3.66. The van der Waals surface area contributed by atoms with Gasteiger partial charge in [-0.3, -0.25) is 9.13 Å². The molecule has 4 aromatic rings. The van der Waals surface area contributed by atoms with Gasteiger partial charge in [-0.05, 0) is 83.1 Å². The lowest BCUT2D eigenvalue weighted by atomic mass is 9.78. The van der Waals surface area contributed by atoms with Crippen LogP contribution in [-0.4, -0.2) is 34.3 Å². The second-order valence-electron chi connectivity index (χ2n) is 9.66. The van der Waals surface area contributed by atoms with Crippen molar-refractivity contribution in [1.29, 1.82) is 0 Å². The van der Waals surface area contributed by atoms with Crippen LogP contribution in [0.3, 0.4) is 0 Å². The Morgan fingerprint density at radius 1 is 1.16 bits per heavy atom. The molecule has 3 aromatic heterocycles. The minimum atomic E-state index is -0.539. The molecule has 37 heavy (non-hydrogen) atoms. The zero-order valence-electron chi connectivity index (χ0n) is 21.2. The van der Waals surface area contributed by atoms with Crippen molar-refractivity contribution in [3.63, 3.8) is 0 Å². The van der Waals surface area contributed by atoms with Crippen LogP contribution in [0.2, 0.25) is 0 Å². The van der Waals surface area contributed by atoms with E-state index >= 15 is 0 Å². The molecule has 0 radical (unpaired) electrons. The number of allylic oxidation sites excluding steroid dienone is 2. The topological polar surface area (TPSA) is 98.3 Å². The Bertz CT molecular complexity index is 1480. The van der Waals surface area contributed by atoms with Gasteiger partial charge in [-0.15, -0.1) is 5.10 Å². The van der Waals surface area contributed by atoms with Gasteiger partial charge in [-0.1, -0.05) is 43.7 Å². The first kappa shape index (κ1) is 25.0. The molecule has 0 atom stereocenters. The first-order valence-electron chi connectivity index (χ1n) is 12.6. The molecule has 0 bridgehead atoms. The summed E-state index contributed by atoms with van der Waals surface area (Å²) >= 11 is 3.68. The van der Waals surface area contributed by atoms with Gasteiger partial charge >= 0.3 is 5.69 Å². The van der Waals surface area contributed by atoms with Crippen LogP contribution in [0.25, 0.3) is 17.2 Å². The Kier molecular flexibility index (Phi) is 7.01. The van der Waals surface area contributed by atoms with Crippen LogP contribution in [0.15, 0.2) is 76.5 Å². The van der Waals surface area contributed by atoms with Crippen molar-refractivity contribution >= 4 is 15.9 Å². The normalized spacial score (nSPS) is 14.4. The molecular formula is C27H31BrN8O. The van der Waals surface area contributed by atoms with E-state index in [1.807, 2.05) is 47.6 Å². The van der Waals surface area contributed by atoms with Crippen molar-refractivity contribution in [3.8, 4) is 17.2 Å². The van der Waals surface area contributed by atoms with E-state index in [-0.39, 0.29) is 11.7 Å². The minimum Gasteiger partial charge on any atom is -0.368 e. The number of aryl methyl sites for hydroxylation is 1. The minimum absolute atomic E-state index is 0.0531. The van der Waals surface area contributed by atoms with Gasteiger partial charge in [-0.2, -0.15) is 0 Å². The molecular weight excluding hydrogens is 532 g/mol. The van der Waals surface area contributed by atoms with Crippen molar-refractivity contribution in [2.45, 2.75) is 58.0 Å². The van der Waals surface area contributed by atoms with Gasteiger partial charge in [0.2, 0.25) is 0 Å². The van der Waals surface area contributed by atoms with Gasteiger partial charge < -0.3 is 9.88 Å². The van der Waals surface area contributed by atoms with Crippen LogP contribution >= 0.6 is 15.9 Å². The highest BCUT2D eigenvalue weighted by Crippen LogP contribution is 2.34. The number of imidazole rings is 1. The van der Waals surface area contributed by atoms with Gasteiger partial charge in [-0.25, -0.2) is 9.89 Å². The number of benzene rings is 1. The van der Waals surface area contributed by atoms with E-state index in [1.54, 1.807) is 4.57 Å². The Morgan fingerprint density at radius 2 is 1.97 bits per heavy atom. The molecule has 0 saturated heterocycles. The van der Waals surface area contributed by atoms with E-state index in [0.717, 1.165) is 46.4 Å². The maximum Gasteiger partial charge on any atom is 0.334 e. The van der Waals surface area contributed by atoms with Crippen LogP contribution in [0, 0.1) is 0 Å². The van der Waals surface area contributed by atoms with Crippen molar-refractivity contribution < 1.29 is 0 Å². The summed E-state index contributed by atoms with van der Waals surface area (Å²) in [5, 5.41) is 17.5. The third-order valence-electron chi connectivity index (χ3n) is 6.86. The fourth-order valence-electron chi connectivity index (χ4n) is 4.87. The first-order valence-corrected chi connectivity index (χ1v) is 13.4. The number of nitrogens with zero attached hydrogens (tertiary/aromatic N) is 6. The maximum atomic E-state index is 14.1.